The number of nitrogens with two attached hydrogens (primary N) is 6. The molecule has 0 radical (unpaired) electrons. The van der Waals surface area contributed by atoms with Crippen LogP contribution in [0.25, 0.3) is 9.69 Å². The number of amides is 4. The van der Waals surface area contributed by atoms with Gasteiger partial charge >= 0.3 is 24.4 Å². The van der Waals surface area contributed by atoms with Gasteiger partial charge < -0.3 is 68.5 Å². The topological polar surface area (TPSA) is 378 Å². The van der Waals surface area contributed by atoms with Crippen molar-refractivity contribution in [2.75, 3.05) is 124 Å². The first kappa shape index (κ1) is 81.9. The van der Waals surface area contributed by atoms with Crippen molar-refractivity contribution in [3.05, 3.63) is 22.8 Å². The van der Waals surface area contributed by atoms with E-state index in [0.29, 0.717) is 65.4 Å². The van der Waals surface area contributed by atoms with Crippen molar-refractivity contribution in [1.29, 1.82) is 15.8 Å². The third-order valence-electron chi connectivity index (χ3n) is 7.88. The maximum atomic E-state index is 12.2. The van der Waals surface area contributed by atoms with Crippen LogP contribution in [0, 0.1) is 47.1 Å². The van der Waals surface area contributed by atoms with Crippen molar-refractivity contribution in [3.8, 4) is 18.2 Å². The Kier molecular flexibility index (Phi) is 57.0. The minimum atomic E-state index is -0.688. The summed E-state index contributed by atoms with van der Waals surface area (Å²) in [7, 11) is 0. The van der Waals surface area contributed by atoms with Gasteiger partial charge in [-0.15, -0.1) is 11.6 Å². The van der Waals surface area contributed by atoms with Gasteiger partial charge in [0.05, 0.1) is 18.2 Å². The lowest BCUT2D eigenvalue weighted by atomic mass is 10.2. The van der Waals surface area contributed by atoms with E-state index in [4.69, 9.17) is 93.9 Å². The van der Waals surface area contributed by atoms with Crippen molar-refractivity contribution in [3.63, 3.8) is 0 Å². The zero-order valence-electron chi connectivity index (χ0n) is 48.3. The second kappa shape index (κ2) is 52.9. The van der Waals surface area contributed by atoms with Crippen LogP contribution in [0.1, 0.15) is 122 Å². The summed E-state index contributed by atoms with van der Waals surface area (Å²) in [5.41, 5.74) is 29.0. The average Bonchev–Trinajstić information content (AvgIpc) is 3.31. The Morgan fingerprint density at radius 1 is 0.474 bits per heavy atom. The Balaban J connectivity index is -0.000000217. The quantitative estimate of drug-likeness (QED) is 0.0202. The lowest BCUT2D eigenvalue weighted by Crippen LogP contribution is -2.46. The highest BCUT2D eigenvalue weighted by atomic mass is 35.5. The zero-order chi connectivity index (χ0) is 60.1. The van der Waals surface area contributed by atoms with Gasteiger partial charge in [-0.3, -0.25) is 19.9 Å². The second-order valence-corrected chi connectivity index (χ2v) is 20.1. The van der Waals surface area contributed by atoms with E-state index in [-0.39, 0.29) is 32.2 Å². The van der Waals surface area contributed by atoms with Gasteiger partial charge in [-0.05, 0) is 122 Å². The fourth-order valence-electron chi connectivity index (χ4n) is 4.70. The van der Waals surface area contributed by atoms with Gasteiger partial charge in [0.2, 0.25) is 0 Å². The number of carbonyl (C=O) groups is 4. The summed E-state index contributed by atoms with van der Waals surface area (Å²) < 4.78 is 21.2. The average molecular weight is 1100 g/mol. The van der Waals surface area contributed by atoms with Crippen LogP contribution in [0.15, 0.2) is 0 Å². The molecule has 0 saturated carbocycles. The number of nitriles is 3. The first-order chi connectivity index (χ1) is 35.4. The molecule has 0 aromatic heterocycles. The number of halogens is 1. The van der Waals surface area contributed by atoms with Gasteiger partial charge in [0.1, 0.15) is 34.8 Å². The summed E-state index contributed by atoms with van der Waals surface area (Å²) in [5, 5.41) is 30.7. The van der Waals surface area contributed by atoms with E-state index in [9.17, 15) is 19.2 Å². The fourth-order valence-corrected chi connectivity index (χ4v) is 4.70. The summed E-state index contributed by atoms with van der Waals surface area (Å²) in [6.07, 6.45) is 3.95. The van der Waals surface area contributed by atoms with Gasteiger partial charge in [0, 0.05) is 91.5 Å². The predicted octanol–water partition coefficient (Wildman–Crippen LogP) is 4.70. The maximum absolute atomic E-state index is 12.2. The number of unbranched alkanes of at least 4 members (excludes halogenated alkanes) is 4. The van der Waals surface area contributed by atoms with E-state index in [1.807, 2.05) is 6.07 Å². The van der Waals surface area contributed by atoms with Gasteiger partial charge in [0.25, 0.3) is 13.3 Å². The molecule has 0 bridgehead atoms. The van der Waals surface area contributed by atoms with Crippen LogP contribution >= 0.6 is 11.6 Å². The number of carbonyl (C=O) groups excluding carboxylic acids is 4. The molecule has 0 rings (SSSR count). The summed E-state index contributed by atoms with van der Waals surface area (Å²) in [6, 6.07) is 5.65. The van der Waals surface area contributed by atoms with Crippen LogP contribution in [0.2, 0.25) is 0 Å². The highest BCUT2D eigenvalue weighted by Gasteiger charge is 2.28. The van der Waals surface area contributed by atoms with Crippen LogP contribution in [-0.4, -0.2) is 190 Å². The van der Waals surface area contributed by atoms with Gasteiger partial charge in [-0.2, -0.15) is 15.8 Å². The minimum absolute atomic E-state index is 0.0667. The Hall–Kier alpha value is -5.50. The summed E-state index contributed by atoms with van der Waals surface area (Å²) in [4.78, 5) is 60.2. The van der Waals surface area contributed by atoms with E-state index in [2.05, 4.69) is 26.4 Å². The summed E-state index contributed by atoms with van der Waals surface area (Å²) in [6.45, 7) is 42.2. The first-order valence-electron chi connectivity index (χ1n) is 25.3. The van der Waals surface area contributed by atoms with Crippen molar-refractivity contribution in [2.24, 2.45) is 34.4 Å². The zero-order valence-corrected chi connectivity index (χ0v) is 49.1. The van der Waals surface area contributed by atoms with Crippen molar-refractivity contribution < 1.29 is 38.1 Å². The number of hydrogen-bond donors (Lipinski definition) is 8. The minimum Gasteiger partial charge on any atom is -0.444 e. The van der Waals surface area contributed by atoms with Crippen molar-refractivity contribution in [1.82, 2.24) is 30.2 Å². The molecule has 0 atom stereocenters. The molecule has 0 aromatic carbocycles. The standard InChI is InChI=1S/C16H26N4O4.C16H34N4O4.C7H11N3.C7H19N3.C2H2ClN.C2H8N2/c1-15(2,3)23-13(21)19(9-8-17)10-11-20(12-18-7)14(22)24-16(4,5)6;1-15(2,3)23-13(21)19(9-7-17)11-12-20(10-8-18)14(22)24-16(4,5)6;1-9-7-10-6-4-2-3-5-8;8-4-2-1-3-6-10-7-5-9;2*3-1-2-4/h9-12H2,1-6H3;7-12,17-18H2,1-6H3;10H,2-4,6-7H2;10H,1-9H2;1H2;1-4H2. The van der Waals surface area contributed by atoms with E-state index in [0.717, 1.165) is 52.0 Å². The Morgan fingerprint density at radius 3 is 1.18 bits per heavy atom. The molecule has 0 aliphatic rings. The van der Waals surface area contributed by atoms with Gasteiger partial charge in [-0.25, -0.2) is 37.2 Å². The third kappa shape index (κ3) is 66.5. The molecule has 0 aromatic rings. The molecule has 76 heavy (non-hydrogen) atoms. The number of nitrogens with one attached hydrogen (secondary N) is 2. The maximum Gasteiger partial charge on any atom is 0.416 e. The number of ether oxygens (including phenoxy) is 4. The lowest BCUT2D eigenvalue weighted by molar-refractivity contribution is 0.0142. The van der Waals surface area contributed by atoms with Crippen molar-refractivity contribution in [2.45, 2.75) is 144 Å². The molecule has 4 amide bonds. The third-order valence-corrected chi connectivity index (χ3v) is 8.00. The van der Waals surface area contributed by atoms with Gasteiger partial charge in [-0.1, -0.05) is 6.42 Å². The van der Waals surface area contributed by atoms with E-state index in [1.54, 1.807) is 89.2 Å². The van der Waals surface area contributed by atoms with Crippen LogP contribution in [0.3, 0.4) is 0 Å². The van der Waals surface area contributed by atoms with Crippen LogP contribution in [-0.2, 0) is 18.9 Å². The molecule has 0 unspecified atom stereocenters. The number of hydrogen-bond acceptors (Lipinski definition) is 19. The molecular formula is C50H100ClN17O8. The molecule has 440 valence electrons. The summed E-state index contributed by atoms with van der Waals surface area (Å²) in [5.74, 6) is 0.0972. The number of alkyl halides is 1. The lowest BCUT2D eigenvalue weighted by Gasteiger charge is -2.31. The molecule has 26 heteroatoms. The fraction of sp³-hybridized carbons (Fsp3) is 0.820. The largest absolute Gasteiger partial charge is 0.444 e. The SMILES string of the molecule is CC(C)(C)OC(=O)N(CCN)CCN(CCN)C(=O)OC(C)(C)C.N#CCCl.NCCCCCNCCN.NCCN.[C-]#[N+]CN(CCN(CC#N)C(=O)OC(C)(C)C)C(=O)OC(C)(C)C.[C-]#[N+]CNCCCCC#N. The Labute approximate surface area is 462 Å². The molecule has 14 N–H and O–H groups in total. The van der Waals surface area contributed by atoms with E-state index >= 15 is 0 Å². The molecule has 25 nitrogen and oxygen atoms in total. The first-order valence-corrected chi connectivity index (χ1v) is 25.9. The van der Waals surface area contributed by atoms with Crippen LogP contribution < -0.4 is 45.0 Å². The molecular weight excluding hydrogens is 1000 g/mol. The highest BCUT2D eigenvalue weighted by Crippen LogP contribution is 2.14. The predicted molar refractivity (Wildman–Crippen MR) is 300 cm³/mol. The normalized spacial score (nSPS) is 10.3. The second-order valence-electron chi connectivity index (χ2n) is 19.8. The Morgan fingerprint density at radius 2 is 0.855 bits per heavy atom. The van der Waals surface area contributed by atoms with Crippen LogP contribution in [0.5, 0.6) is 0 Å². The van der Waals surface area contributed by atoms with Crippen molar-refractivity contribution >= 4 is 36.0 Å². The Bertz CT molecular complexity index is 1560. The highest BCUT2D eigenvalue weighted by molar-refractivity contribution is 6.19. The molecule has 0 aliphatic heterocycles. The molecule has 0 heterocycles. The molecule has 0 aliphatic carbocycles. The van der Waals surface area contributed by atoms with Crippen LogP contribution in [0.4, 0.5) is 19.2 Å². The molecule has 0 spiro atoms. The molecule has 0 saturated heterocycles. The van der Waals surface area contributed by atoms with E-state index < -0.39 is 46.8 Å². The molecule has 0 fully saturated rings. The summed E-state index contributed by atoms with van der Waals surface area (Å²) >= 11 is 4.82. The monoisotopic (exact) mass is 1100 g/mol. The number of rotatable bonds is 25. The van der Waals surface area contributed by atoms with Gasteiger partial charge in [0.15, 0.2) is 0 Å². The smallest absolute Gasteiger partial charge is 0.416 e. The van der Waals surface area contributed by atoms with E-state index in [1.165, 1.54) is 32.4 Å². The number of nitrogens with zero attached hydrogens (tertiary/aromatic N) is 9.